The van der Waals surface area contributed by atoms with E-state index in [1.54, 1.807) is 0 Å². The summed E-state index contributed by atoms with van der Waals surface area (Å²) in [5.41, 5.74) is 5.75. The molecule has 1 amide bonds. The zero-order valence-corrected chi connectivity index (χ0v) is 10.5. The normalized spacial score (nSPS) is 13.3. The number of carbonyl (C=O) groups is 1. The van der Waals surface area contributed by atoms with Crippen LogP contribution < -0.4 is 11.1 Å². The standard InChI is InChI=1S/C12H26N2O/c1-9(2)6-5-7-14-12(15)11(13)8-10(3)4/h9-11H,5-8,13H2,1-4H3,(H,14,15)/t11-/m1/s1. The number of nitrogens with two attached hydrogens (primary N) is 1. The van der Waals surface area contributed by atoms with E-state index in [-0.39, 0.29) is 11.9 Å². The van der Waals surface area contributed by atoms with Crippen LogP contribution in [0.5, 0.6) is 0 Å². The van der Waals surface area contributed by atoms with E-state index in [0.717, 1.165) is 25.8 Å². The Balaban J connectivity index is 3.56. The Morgan fingerprint density at radius 3 is 2.27 bits per heavy atom. The first kappa shape index (κ1) is 14.4. The van der Waals surface area contributed by atoms with Gasteiger partial charge in [-0.15, -0.1) is 0 Å². The summed E-state index contributed by atoms with van der Waals surface area (Å²) in [7, 11) is 0. The molecule has 15 heavy (non-hydrogen) atoms. The highest BCUT2D eigenvalue weighted by atomic mass is 16.2. The predicted molar refractivity (Wildman–Crippen MR) is 64.5 cm³/mol. The lowest BCUT2D eigenvalue weighted by Crippen LogP contribution is -2.41. The molecule has 3 heteroatoms. The summed E-state index contributed by atoms with van der Waals surface area (Å²) in [6.07, 6.45) is 2.95. The molecule has 0 aromatic carbocycles. The number of nitrogens with one attached hydrogen (secondary N) is 1. The van der Waals surface area contributed by atoms with Crippen LogP contribution in [-0.2, 0) is 4.79 Å². The maximum atomic E-state index is 11.5. The van der Waals surface area contributed by atoms with Gasteiger partial charge in [-0.1, -0.05) is 27.7 Å². The van der Waals surface area contributed by atoms with Gasteiger partial charge in [0.1, 0.15) is 0 Å². The number of carbonyl (C=O) groups excluding carboxylic acids is 1. The lowest BCUT2D eigenvalue weighted by molar-refractivity contribution is -0.122. The van der Waals surface area contributed by atoms with Gasteiger partial charge >= 0.3 is 0 Å². The second-order valence-electron chi connectivity index (χ2n) is 5.06. The number of amides is 1. The van der Waals surface area contributed by atoms with Crippen LogP contribution in [0.1, 0.15) is 47.0 Å². The van der Waals surface area contributed by atoms with Crippen molar-refractivity contribution >= 4 is 5.91 Å². The van der Waals surface area contributed by atoms with Crippen molar-refractivity contribution < 1.29 is 4.79 Å². The summed E-state index contributed by atoms with van der Waals surface area (Å²) in [6.45, 7) is 9.28. The van der Waals surface area contributed by atoms with Gasteiger partial charge in [0.15, 0.2) is 0 Å². The van der Waals surface area contributed by atoms with Crippen LogP contribution in [0.25, 0.3) is 0 Å². The zero-order valence-electron chi connectivity index (χ0n) is 10.5. The Morgan fingerprint density at radius 1 is 1.20 bits per heavy atom. The fourth-order valence-electron chi connectivity index (χ4n) is 1.47. The number of hydrogen-bond donors (Lipinski definition) is 2. The summed E-state index contributed by atoms with van der Waals surface area (Å²) < 4.78 is 0. The zero-order chi connectivity index (χ0) is 11.8. The Kier molecular flexibility index (Phi) is 7.39. The fourth-order valence-corrected chi connectivity index (χ4v) is 1.47. The van der Waals surface area contributed by atoms with Crippen molar-refractivity contribution in [1.82, 2.24) is 5.32 Å². The van der Waals surface area contributed by atoms with Gasteiger partial charge in [-0.05, 0) is 31.1 Å². The maximum Gasteiger partial charge on any atom is 0.236 e. The molecule has 0 saturated carbocycles. The summed E-state index contributed by atoms with van der Waals surface area (Å²) in [5, 5.41) is 2.88. The largest absolute Gasteiger partial charge is 0.355 e. The molecule has 0 aromatic heterocycles. The van der Waals surface area contributed by atoms with Gasteiger partial charge in [0.05, 0.1) is 6.04 Å². The fraction of sp³-hybridized carbons (Fsp3) is 0.917. The summed E-state index contributed by atoms with van der Waals surface area (Å²) in [5.74, 6) is 1.17. The molecule has 3 nitrogen and oxygen atoms in total. The third-order valence-electron chi connectivity index (χ3n) is 2.32. The van der Waals surface area contributed by atoms with E-state index >= 15 is 0 Å². The monoisotopic (exact) mass is 214 g/mol. The van der Waals surface area contributed by atoms with Crippen molar-refractivity contribution in [3.05, 3.63) is 0 Å². The first-order valence-electron chi connectivity index (χ1n) is 5.96. The Hall–Kier alpha value is -0.570. The molecule has 0 fully saturated rings. The molecule has 0 rings (SSSR count). The molecule has 0 bridgehead atoms. The molecule has 0 unspecified atom stereocenters. The molecule has 3 N–H and O–H groups in total. The van der Waals surface area contributed by atoms with Gasteiger partial charge in [0.2, 0.25) is 5.91 Å². The van der Waals surface area contributed by atoms with Crippen LogP contribution in [0.2, 0.25) is 0 Å². The second kappa shape index (κ2) is 7.69. The molecule has 1 atom stereocenters. The summed E-state index contributed by atoms with van der Waals surface area (Å²) in [4.78, 5) is 11.5. The number of rotatable bonds is 7. The average molecular weight is 214 g/mol. The molecule has 0 aliphatic heterocycles. The predicted octanol–water partition coefficient (Wildman–Crippen LogP) is 1.91. The minimum absolute atomic E-state index is 0.00699. The van der Waals surface area contributed by atoms with E-state index in [2.05, 4.69) is 33.0 Å². The van der Waals surface area contributed by atoms with E-state index in [4.69, 9.17) is 5.73 Å². The first-order chi connectivity index (χ1) is 6.93. The van der Waals surface area contributed by atoms with E-state index in [9.17, 15) is 4.79 Å². The smallest absolute Gasteiger partial charge is 0.236 e. The van der Waals surface area contributed by atoms with Crippen LogP contribution in [0, 0.1) is 11.8 Å². The molecule has 0 aliphatic carbocycles. The first-order valence-corrected chi connectivity index (χ1v) is 5.96. The Labute approximate surface area is 93.8 Å². The highest BCUT2D eigenvalue weighted by molar-refractivity contribution is 5.81. The molecular formula is C12H26N2O. The topological polar surface area (TPSA) is 55.1 Å². The van der Waals surface area contributed by atoms with Gasteiger partial charge < -0.3 is 11.1 Å². The molecule has 0 heterocycles. The molecular weight excluding hydrogens is 188 g/mol. The molecule has 0 radical (unpaired) electrons. The van der Waals surface area contributed by atoms with Crippen molar-refractivity contribution in [3.63, 3.8) is 0 Å². The molecule has 90 valence electrons. The van der Waals surface area contributed by atoms with Crippen LogP contribution >= 0.6 is 0 Å². The van der Waals surface area contributed by atoms with E-state index in [0.29, 0.717) is 11.8 Å². The van der Waals surface area contributed by atoms with Crippen LogP contribution in [0.4, 0.5) is 0 Å². The highest BCUT2D eigenvalue weighted by Crippen LogP contribution is 2.04. The van der Waals surface area contributed by atoms with Crippen molar-refractivity contribution in [3.8, 4) is 0 Å². The van der Waals surface area contributed by atoms with E-state index in [1.165, 1.54) is 0 Å². The number of hydrogen-bond acceptors (Lipinski definition) is 2. The molecule has 0 aliphatic rings. The third-order valence-corrected chi connectivity index (χ3v) is 2.32. The van der Waals surface area contributed by atoms with E-state index in [1.807, 2.05) is 0 Å². The molecule has 0 aromatic rings. The van der Waals surface area contributed by atoms with Crippen LogP contribution in [0.3, 0.4) is 0 Å². The van der Waals surface area contributed by atoms with Gasteiger partial charge in [-0.2, -0.15) is 0 Å². The minimum Gasteiger partial charge on any atom is -0.355 e. The molecule has 0 spiro atoms. The van der Waals surface area contributed by atoms with Gasteiger partial charge in [-0.3, -0.25) is 4.79 Å². The van der Waals surface area contributed by atoms with Crippen molar-refractivity contribution in [2.24, 2.45) is 17.6 Å². The summed E-state index contributed by atoms with van der Waals surface area (Å²) >= 11 is 0. The lowest BCUT2D eigenvalue weighted by atomic mass is 10.0. The van der Waals surface area contributed by atoms with Gasteiger partial charge in [0, 0.05) is 6.54 Å². The Morgan fingerprint density at radius 2 is 1.80 bits per heavy atom. The lowest BCUT2D eigenvalue weighted by Gasteiger charge is -2.14. The highest BCUT2D eigenvalue weighted by Gasteiger charge is 2.13. The van der Waals surface area contributed by atoms with Crippen LogP contribution in [0.15, 0.2) is 0 Å². The maximum absolute atomic E-state index is 11.5. The SMILES string of the molecule is CC(C)CCCNC(=O)[C@H](N)CC(C)C. The Bertz CT molecular complexity index is 178. The third kappa shape index (κ3) is 8.43. The van der Waals surface area contributed by atoms with Gasteiger partial charge in [0.25, 0.3) is 0 Å². The van der Waals surface area contributed by atoms with Gasteiger partial charge in [-0.25, -0.2) is 0 Å². The van der Waals surface area contributed by atoms with Crippen molar-refractivity contribution in [1.29, 1.82) is 0 Å². The van der Waals surface area contributed by atoms with E-state index < -0.39 is 0 Å². The molecule has 0 saturated heterocycles. The summed E-state index contributed by atoms with van der Waals surface area (Å²) in [6, 6.07) is -0.343. The van der Waals surface area contributed by atoms with Crippen molar-refractivity contribution in [2.45, 2.75) is 53.0 Å². The second-order valence-corrected chi connectivity index (χ2v) is 5.06. The van der Waals surface area contributed by atoms with Crippen molar-refractivity contribution in [2.75, 3.05) is 6.54 Å². The van der Waals surface area contributed by atoms with Crippen LogP contribution in [-0.4, -0.2) is 18.5 Å². The average Bonchev–Trinajstić information content (AvgIpc) is 2.10. The quantitative estimate of drug-likeness (QED) is 0.636. The minimum atomic E-state index is -0.343.